The van der Waals surface area contributed by atoms with Crippen molar-refractivity contribution in [2.75, 3.05) is 6.66 Å². The highest BCUT2D eigenvalue weighted by molar-refractivity contribution is 7.79. The van der Waals surface area contributed by atoms with E-state index in [2.05, 4.69) is 36.4 Å². The number of fused-ring (bicyclic) bond motifs is 3. The molecule has 1 aliphatic heterocycles. The minimum absolute atomic E-state index is 0.676. The van der Waals surface area contributed by atoms with Gasteiger partial charge in [-0.3, -0.25) is 0 Å². The van der Waals surface area contributed by atoms with Gasteiger partial charge in [-0.25, -0.2) is 9.97 Å². The van der Waals surface area contributed by atoms with Crippen LogP contribution in [0.15, 0.2) is 109 Å². The molecule has 1 unspecified atom stereocenters. The summed E-state index contributed by atoms with van der Waals surface area (Å²) in [7, 11) is -2.65. The number of aromatic nitrogens is 2. The summed E-state index contributed by atoms with van der Waals surface area (Å²) in [6.07, 6.45) is 0. The standard InChI is InChI=1S/C29H21N2OP/c1-33(32)27-15-9-8-14-23(27)24-17-16-22(18-28(24)33)26-19-25(20-10-4-2-5-11-20)30-29(31-26)21-12-6-3-7-13-21/h2-19H,1H3. The van der Waals surface area contributed by atoms with Gasteiger partial charge in [-0.2, -0.15) is 0 Å². The summed E-state index contributed by atoms with van der Waals surface area (Å²) in [5, 5.41) is 1.84. The van der Waals surface area contributed by atoms with Crippen molar-refractivity contribution in [3.63, 3.8) is 0 Å². The van der Waals surface area contributed by atoms with Crippen LogP contribution >= 0.6 is 7.14 Å². The van der Waals surface area contributed by atoms with Crippen molar-refractivity contribution < 1.29 is 4.57 Å². The molecule has 5 aromatic rings. The molecule has 158 valence electrons. The van der Waals surface area contributed by atoms with Crippen LogP contribution in [-0.4, -0.2) is 16.6 Å². The Kier molecular flexibility index (Phi) is 4.60. The minimum Gasteiger partial charge on any atom is -0.314 e. The molecule has 3 nitrogen and oxygen atoms in total. The van der Waals surface area contributed by atoms with Gasteiger partial charge < -0.3 is 4.57 Å². The highest BCUT2D eigenvalue weighted by Gasteiger charge is 2.34. The van der Waals surface area contributed by atoms with Gasteiger partial charge in [-0.1, -0.05) is 97.1 Å². The van der Waals surface area contributed by atoms with E-state index in [-0.39, 0.29) is 0 Å². The van der Waals surface area contributed by atoms with Crippen molar-refractivity contribution in [3.8, 4) is 45.0 Å². The number of rotatable bonds is 3. The summed E-state index contributed by atoms with van der Waals surface area (Å²) < 4.78 is 13.8. The first kappa shape index (κ1) is 19.8. The second-order valence-electron chi connectivity index (χ2n) is 8.37. The summed E-state index contributed by atoms with van der Waals surface area (Å²) in [5.74, 6) is 0.676. The minimum atomic E-state index is -2.65. The molecule has 0 amide bonds. The van der Waals surface area contributed by atoms with Crippen molar-refractivity contribution in [2.24, 2.45) is 0 Å². The van der Waals surface area contributed by atoms with Crippen LogP contribution in [-0.2, 0) is 4.57 Å². The van der Waals surface area contributed by atoms with Crippen LogP contribution in [0.1, 0.15) is 0 Å². The first-order valence-electron chi connectivity index (χ1n) is 10.9. The van der Waals surface area contributed by atoms with Gasteiger partial charge in [-0.15, -0.1) is 0 Å². The largest absolute Gasteiger partial charge is 0.314 e. The highest BCUT2D eigenvalue weighted by Crippen LogP contribution is 2.50. The Labute approximate surface area is 193 Å². The molecule has 0 saturated heterocycles. The maximum atomic E-state index is 13.8. The summed E-state index contributed by atoms with van der Waals surface area (Å²) in [4.78, 5) is 9.79. The zero-order valence-electron chi connectivity index (χ0n) is 18.1. The Hall–Kier alpha value is -3.81. The van der Waals surface area contributed by atoms with Crippen molar-refractivity contribution >= 4 is 17.8 Å². The highest BCUT2D eigenvalue weighted by atomic mass is 31.2. The SMILES string of the molecule is CP1(=O)c2ccccc2-c2ccc(-c3cc(-c4ccccc4)nc(-c4ccccc4)n3)cc21. The number of benzene rings is 4. The topological polar surface area (TPSA) is 42.9 Å². The van der Waals surface area contributed by atoms with Crippen molar-refractivity contribution in [2.45, 2.75) is 0 Å². The lowest BCUT2D eigenvalue weighted by molar-refractivity contribution is 0.591. The van der Waals surface area contributed by atoms with E-state index in [1.165, 1.54) is 0 Å². The normalized spacial score (nSPS) is 16.3. The van der Waals surface area contributed by atoms with Crippen LogP contribution in [0.3, 0.4) is 0 Å². The fraction of sp³-hybridized carbons (Fsp3) is 0.0345. The van der Waals surface area contributed by atoms with Crippen LogP contribution in [0.2, 0.25) is 0 Å². The summed E-state index contributed by atoms with van der Waals surface area (Å²) in [6, 6.07) is 36.4. The average molecular weight is 444 g/mol. The van der Waals surface area contributed by atoms with Gasteiger partial charge in [0, 0.05) is 27.3 Å². The van der Waals surface area contributed by atoms with Crippen molar-refractivity contribution in [1.29, 1.82) is 0 Å². The van der Waals surface area contributed by atoms with Gasteiger partial charge in [0.25, 0.3) is 0 Å². The summed E-state index contributed by atoms with van der Waals surface area (Å²) in [6.45, 7) is 1.87. The third kappa shape index (κ3) is 3.33. The van der Waals surface area contributed by atoms with Gasteiger partial charge >= 0.3 is 0 Å². The van der Waals surface area contributed by atoms with Gasteiger partial charge in [0.1, 0.15) is 7.14 Å². The third-order valence-electron chi connectivity index (χ3n) is 6.23. The molecule has 33 heavy (non-hydrogen) atoms. The quantitative estimate of drug-likeness (QED) is 0.302. The summed E-state index contributed by atoms with van der Waals surface area (Å²) >= 11 is 0. The molecule has 1 aromatic heterocycles. The van der Waals surface area contributed by atoms with Gasteiger partial charge in [0.05, 0.1) is 11.4 Å². The Bertz CT molecular complexity index is 1490. The lowest BCUT2D eigenvalue weighted by Crippen LogP contribution is -2.08. The zero-order chi connectivity index (χ0) is 22.4. The van der Waals surface area contributed by atoms with E-state index in [0.29, 0.717) is 5.82 Å². The predicted octanol–water partition coefficient (Wildman–Crippen LogP) is 6.40. The molecule has 1 aliphatic rings. The van der Waals surface area contributed by atoms with E-state index < -0.39 is 7.14 Å². The Morgan fingerprint density at radius 1 is 0.545 bits per heavy atom. The molecule has 1 atom stereocenters. The molecule has 2 heterocycles. The maximum absolute atomic E-state index is 13.8. The first-order valence-corrected chi connectivity index (χ1v) is 13.1. The van der Waals surface area contributed by atoms with Crippen LogP contribution < -0.4 is 10.6 Å². The van der Waals surface area contributed by atoms with E-state index >= 15 is 0 Å². The predicted molar refractivity (Wildman–Crippen MR) is 137 cm³/mol. The number of hydrogen-bond donors (Lipinski definition) is 0. The molecule has 4 heteroatoms. The third-order valence-corrected chi connectivity index (χ3v) is 8.83. The zero-order valence-corrected chi connectivity index (χ0v) is 19.0. The molecule has 0 fully saturated rings. The van der Waals surface area contributed by atoms with Crippen LogP contribution in [0.4, 0.5) is 0 Å². The molecule has 6 rings (SSSR count). The smallest absolute Gasteiger partial charge is 0.160 e. The lowest BCUT2D eigenvalue weighted by atomic mass is 10.0. The van der Waals surface area contributed by atoms with Crippen LogP contribution in [0.5, 0.6) is 0 Å². The van der Waals surface area contributed by atoms with Crippen LogP contribution in [0, 0.1) is 0 Å². The van der Waals surface area contributed by atoms with E-state index in [1.54, 1.807) is 0 Å². The molecular formula is C29H21N2OP. The first-order chi connectivity index (χ1) is 16.1. The van der Waals surface area contributed by atoms with Crippen molar-refractivity contribution in [3.05, 3.63) is 109 Å². The second kappa shape index (κ2) is 7.65. The molecule has 0 N–H and O–H groups in total. The van der Waals surface area contributed by atoms with E-state index in [0.717, 1.165) is 49.8 Å². The Morgan fingerprint density at radius 3 is 1.85 bits per heavy atom. The molecule has 4 aromatic carbocycles. The number of nitrogens with zero attached hydrogens (tertiary/aromatic N) is 2. The van der Waals surface area contributed by atoms with Gasteiger partial charge in [-0.05, 0) is 29.9 Å². The van der Waals surface area contributed by atoms with Gasteiger partial charge in [0.15, 0.2) is 5.82 Å². The van der Waals surface area contributed by atoms with E-state index in [9.17, 15) is 4.57 Å². The van der Waals surface area contributed by atoms with E-state index in [1.807, 2.05) is 79.5 Å². The molecule has 0 bridgehead atoms. The molecule has 0 radical (unpaired) electrons. The fourth-order valence-corrected chi connectivity index (χ4v) is 6.87. The monoisotopic (exact) mass is 444 g/mol. The fourth-order valence-electron chi connectivity index (χ4n) is 4.54. The molecular weight excluding hydrogens is 423 g/mol. The van der Waals surface area contributed by atoms with E-state index in [4.69, 9.17) is 9.97 Å². The van der Waals surface area contributed by atoms with Crippen molar-refractivity contribution in [1.82, 2.24) is 9.97 Å². The Balaban J connectivity index is 1.55. The molecule has 0 spiro atoms. The maximum Gasteiger partial charge on any atom is 0.160 e. The lowest BCUT2D eigenvalue weighted by Gasteiger charge is -2.12. The molecule has 0 saturated carbocycles. The Morgan fingerprint density at radius 2 is 1.12 bits per heavy atom. The average Bonchev–Trinajstić information content (AvgIpc) is 3.11. The van der Waals surface area contributed by atoms with Crippen LogP contribution in [0.25, 0.3) is 45.0 Å². The van der Waals surface area contributed by atoms with Gasteiger partial charge in [0.2, 0.25) is 0 Å². The summed E-state index contributed by atoms with van der Waals surface area (Å²) in [5.41, 5.74) is 6.76. The number of hydrogen-bond acceptors (Lipinski definition) is 3. The molecule has 0 aliphatic carbocycles. The second-order valence-corrected chi connectivity index (χ2v) is 11.2.